The number of hydrogen-bond donors (Lipinski definition) is 1. The SMILES string of the molecule is O=C1CCC(N2Cc3cc(C(=O)c4ccc(C(F)(F)F)cc4)ccc3C2=O)C(=O)N1. The summed E-state index contributed by atoms with van der Waals surface area (Å²) in [7, 11) is 0. The fourth-order valence-corrected chi connectivity index (χ4v) is 3.69. The Morgan fingerprint density at radius 1 is 1.00 bits per heavy atom. The lowest BCUT2D eigenvalue weighted by molar-refractivity contribution is -0.138. The molecule has 0 aliphatic carbocycles. The van der Waals surface area contributed by atoms with Gasteiger partial charge in [0.15, 0.2) is 5.78 Å². The van der Waals surface area contributed by atoms with Crippen LogP contribution in [0, 0.1) is 0 Å². The summed E-state index contributed by atoms with van der Waals surface area (Å²) >= 11 is 0. The van der Waals surface area contributed by atoms with Crippen LogP contribution in [0.4, 0.5) is 13.2 Å². The van der Waals surface area contributed by atoms with E-state index in [9.17, 15) is 32.3 Å². The molecule has 0 aromatic heterocycles. The normalized spacial score (nSPS) is 19.0. The third-order valence-corrected chi connectivity index (χ3v) is 5.26. The van der Waals surface area contributed by atoms with E-state index >= 15 is 0 Å². The van der Waals surface area contributed by atoms with Crippen molar-refractivity contribution in [1.82, 2.24) is 10.2 Å². The van der Waals surface area contributed by atoms with Crippen LogP contribution in [0.3, 0.4) is 0 Å². The molecule has 9 heteroatoms. The molecule has 3 amide bonds. The molecule has 1 N–H and O–H groups in total. The Hall–Kier alpha value is -3.49. The fraction of sp³-hybridized carbons (Fsp3) is 0.238. The van der Waals surface area contributed by atoms with Gasteiger partial charge in [-0.1, -0.05) is 18.2 Å². The first-order valence-electron chi connectivity index (χ1n) is 9.14. The lowest BCUT2D eigenvalue weighted by Crippen LogP contribution is -2.52. The van der Waals surface area contributed by atoms with Crippen LogP contribution in [-0.4, -0.2) is 34.4 Å². The van der Waals surface area contributed by atoms with Crippen LogP contribution >= 0.6 is 0 Å². The van der Waals surface area contributed by atoms with Crippen molar-refractivity contribution in [2.75, 3.05) is 0 Å². The summed E-state index contributed by atoms with van der Waals surface area (Å²) < 4.78 is 38.1. The largest absolute Gasteiger partial charge is 0.416 e. The lowest BCUT2D eigenvalue weighted by Gasteiger charge is -2.29. The molecule has 2 aromatic rings. The van der Waals surface area contributed by atoms with E-state index in [0.717, 1.165) is 24.3 Å². The van der Waals surface area contributed by atoms with Gasteiger partial charge in [-0.15, -0.1) is 0 Å². The van der Waals surface area contributed by atoms with E-state index in [1.54, 1.807) is 0 Å². The van der Waals surface area contributed by atoms with Crippen molar-refractivity contribution in [2.24, 2.45) is 0 Å². The zero-order valence-electron chi connectivity index (χ0n) is 15.5. The summed E-state index contributed by atoms with van der Waals surface area (Å²) in [5.41, 5.74) is 0.366. The van der Waals surface area contributed by atoms with E-state index in [4.69, 9.17) is 0 Å². The summed E-state index contributed by atoms with van der Waals surface area (Å²) in [4.78, 5) is 50.1. The molecular formula is C21H15F3N2O4. The van der Waals surface area contributed by atoms with Crippen molar-refractivity contribution in [3.05, 3.63) is 70.3 Å². The second-order valence-corrected chi connectivity index (χ2v) is 7.18. The molecule has 2 aliphatic rings. The minimum absolute atomic E-state index is 0.0919. The molecule has 1 saturated heterocycles. The van der Waals surface area contributed by atoms with Gasteiger partial charge in [-0.05, 0) is 36.2 Å². The van der Waals surface area contributed by atoms with Gasteiger partial charge < -0.3 is 4.90 Å². The Kier molecular flexibility index (Phi) is 4.68. The molecule has 4 rings (SSSR count). The van der Waals surface area contributed by atoms with Crippen molar-refractivity contribution >= 4 is 23.5 Å². The zero-order valence-corrected chi connectivity index (χ0v) is 15.5. The smallest absolute Gasteiger partial charge is 0.322 e. The van der Waals surface area contributed by atoms with Gasteiger partial charge in [-0.25, -0.2) is 0 Å². The number of imide groups is 1. The monoisotopic (exact) mass is 416 g/mol. The highest BCUT2D eigenvalue weighted by Crippen LogP contribution is 2.31. The quantitative estimate of drug-likeness (QED) is 0.616. The number of fused-ring (bicyclic) bond motifs is 1. The number of nitrogens with one attached hydrogen (secondary N) is 1. The van der Waals surface area contributed by atoms with Crippen LogP contribution in [0.15, 0.2) is 42.5 Å². The van der Waals surface area contributed by atoms with Gasteiger partial charge in [-0.2, -0.15) is 13.2 Å². The number of benzene rings is 2. The van der Waals surface area contributed by atoms with Crippen molar-refractivity contribution in [1.29, 1.82) is 0 Å². The molecular weight excluding hydrogens is 401 g/mol. The van der Waals surface area contributed by atoms with E-state index in [0.29, 0.717) is 11.1 Å². The number of carbonyl (C=O) groups excluding carboxylic acids is 4. The Morgan fingerprint density at radius 3 is 2.30 bits per heavy atom. The maximum atomic E-state index is 12.7. The first-order chi connectivity index (χ1) is 14.1. The van der Waals surface area contributed by atoms with E-state index in [1.165, 1.54) is 23.1 Å². The van der Waals surface area contributed by atoms with Gasteiger partial charge in [0.1, 0.15) is 6.04 Å². The number of piperidine rings is 1. The Balaban J connectivity index is 1.56. The molecule has 0 bridgehead atoms. The van der Waals surface area contributed by atoms with Crippen LogP contribution < -0.4 is 5.32 Å². The number of carbonyl (C=O) groups is 4. The van der Waals surface area contributed by atoms with Gasteiger partial charge in [-0.3, -0.25) is 24.5 Å². The average molecular weight is 416 g/mol. The van der Waals surface area contributed by atoms with Crippen LogP contribution in [0.5, 0.6) is 0 Å². The van der Waals surface area contributed by atoms with Crippen LogP contribution in [0.1, 0.15) is 50.2 Å². The maximum Gasteiger partial charge on any atom is 0.416 e. The third kappa shape index (κ3) is 3.47. The van der Waals surface area contributed by atoms with E-state index in [2.05, 4.69) is 5.32 Å². The maximum absolute atomic E-state index is 12.7. The fourth-order valence-electron chi connectivity index (χ4n) is 3.69. The molecule has 0 saturated carbocycles. The summed E-state index contributed by atoms with van der Waals surface area (Å²) in [5.74, 6) is -1.76. The molecule has 1 atom stereocenters. The van der Waals surface area contributed by atoms with Gasteiger partial charge >= 0.3 is 6.18 Å². The number of ketones is 1. The number of halogens is 3. The summed E-state index contributed by atoms with van der Waals surface area (Å²) in [5, 5.41) is 2.21. The minimum atomic E-state index is -4.49. The van der Waals surface area contributed by atoms with Crippen LogP contribution in [-0.2, 0) is 22.3 Å². The topological polar surface area (TPSA) is 83.6 Å². The second kappa shape index (κ2) is 7.08. The minimum Gasteiger partial charge on any atom is -0.322 e. The Labute approximate surface area is 168 Å². The van der Waals surface area contributed by atoms with Crippen molar-refractivity contribution in [3.8, 4) is 0 Å². The first kappa shape index (κ1) is 19.8. The second-order valence-electron chi connectivity index (χ2n) is 7.18. The molecule has 2 heterocycles. The third-order valence-electron chi connectivity index (χ3n) is 5.26. The lowest BCUT2D eigenvalue weighted by atomic mass is 9.98. The Bertz CT molecular complexity index is 1080. The number of amides is 3. The molecule has 0 radical (unpaired) electrons. The zero-order chi connectivity index (χ0) is 21.6. The van der Waals surface area contributed by atoms with Crippen molar-refractivity contribution in [2.45, 2.75) is 31.6 Å². The van der Waals surface area contributed by atoms with Gasteiger partial charge in [0.25, 0.3) is 5.91 Å². The molecule has 0 spiro atoms. The molecule has 2 aliphatic heterocycles. The van der Waals surface area contributed by atoms with E-state index < -0.39 is 29.5 Å². The number of rotatable bonds is 3. The Morgan fingerprint density at radius 2 is 1.67 bits per heavy atom. The molecule has 6 nitrogen and oxygen atoms in total. The van der Waals surface area contributed by atoms with E-state index in [-0.39, 0.29) is 42.3 Å². The molecule has 1 unspecified atom stereocenters. The number of nitrogens with zero attached hydrogens (tertiary/aromatic N) is 1. The predicted octanol–water partition coefficient (Wildman–Crippen LogP) is 2.70. The highest BCUT2D eigenvalue weighted by molar-refractivity contribution is 6.10. The first-order valence-corrected chi connectivity index (χ1v) is 9.14. The van der Waals surface area contributed by atoms with Crippen molar-refractivity contribution < 1.29 is 32.3 Å². The van der Waals surface area contributed by atoms with Gasteiger partial charge in [0.05, 0.1) is 5.56 Å². The number of hydrogen-bond acceptors (Lipinski definition) is 4. The standard InChI is InChI=1S/C21H15F3N2O4/c22-21(23,24)14-4-1-11(2-5-14)18(28)12-3-6-15-13(9-12)10-26(20(15)30)16-7-8-17(27)25-19(16)29/h1-6,9,16H,7-8,10H2,(H,25,27,29). The summed E-state index contributed by atoms with van der Waals surface area (Å²) in [6.45, 7) is 0.106. The molecule has 30 heavy (non-hydrogen) atoms. The van der Waals surface area contributed by atoms with Gasteiger partial charge in [0, 0.05) is 29.7 Å². The van der Waals surface area contributed by atoms with Crippen LogP contribution in [0.25, 0.3) is 0 Å². The van der Waals surface area contributed by atoms with Crippen molar-refractivity contribution in [3.63, 3.8) is 0 Å². The average Bonchev–Trinajstić information content (AvgIpc) is 3.02. The highest BCUT2D eigenvalue weighted by Gasteiger charge is 2.39. The molecule has 1 fully saturated rings. The summed E-state index contributed by atoms with van der Waals surface area (Å²) in [6.07, 6.45) is -4.13. The summed E-state index contributed by atoms with van der Waals surface area (Å²) in [6, 6.07) is 7.56. The van der Waals surface area contributed by atoms with Crippen LogP contribution in [0.2, 0.25) is 0 Å². The molecule has 154 valence electrons. The highest BCUT2D eigenvalue weighted by atomic mass is 19.4. The number of alkyl halides is 3. The van der Waals surface area contributed by atoms with Gasteiger partial charge in [0.2, 0.25) is 11.8 Å². The van der Waals surface area contributed by atoms with E-state index in [1.807, 2.05) is 0 Å². The molecule has 2 aromatic carbocycles. The predicted molar refractivity (Wildman–Crippen MR) is 97.4 cm³/mol.